The van der Waals surface area contributed by atoms with Crippen molar-refractivity contribution in [3.63, 3.8) is 0 Å². The number of phenols is 2. The summed E-state index contributed by atoms with van der Waals surface area (Å²) in [6.07, 6.45) is 2.10. The van der Waals surface area contributed by atoms with Gasteiger partial charge in [-0.15, -0.1) is 0 Å². The van der Waals surface area contributed by atoms with Crippen molar-refractivity contribution in [2.75, 3.05) is 26.2 Å². The predicted octanol–water partition coefficient (Wildman–Crippen LogP) is 1.56. The summed E-state index contributed by atoms with van der Waals surface area (Å²) in [7, 11) is 0. The van der Waals surface area contributed by atoms with Gasteiger partial charge in [-0.25, -0.2) is 0 Å². The molecule has 1 heterocycles. The quantitative estimate of drug-likeness (QED) is 0.781. The molecule has 0 aliphatic carbocycles. The van der Waals surface area contributed by atoms with Crippen molar-refractivity contribution in [1.29, 1.82) is 0 Å². The maximum absolute atomic E-state index is 12.5. The van der Waals surface area contributed by atoms with Gasteiger partial charge in [0, 0.05) is 13.1 Å². The SMILES string of the molecule is CCN(CC1CCNCC1)C(=O)c1c(O)cccc1O. The van der Waals surface area contributed by atoms with Crippen LogP contribution in [0.1, 0.15) is 30.1 Å². The van der Waals surface area contributed by atoms with Crippen LogP contribution in [0.4, 0.5) is 0 Å². The lowest BCUT2D eigenvalue weighted by Crippen LogP contribution is -2.39. The number of hydrogen-bond donors (Lipinski definition) is 3. The van der Waals surface area contributed by atoms with Gasteiger partial charge in [0.1, 0.15) is 17.1 Å². The summed E-state index contributed by atoms with van der Waals surface area (Å²) < 4.78 is 0. The fourth-order valence-corrected chi connectivity index (χ4v) is 2.64. The molecule has 1 aliphatic rings. The fourth-order valence-electron chi connectivity index (χ4n) is 2.64. The Bertz CT molecular complexity index is 450. The number of carbonyl (C=O) groups is 1. The maximum Gasteiger partial charge on any atom is 0.261 e. The number of hydrogen-bond acceptors (Lipinski definition) is 4. The number of piperidine rings is 1. The van der Waals surface area contributed by atoms with Gasteiger partial charge in [0.05, 0.1) is 0 Å². The van der Waals surface area contributed by atoms with Crippen LogP contribution in [0.2, 0.25) is 0 Å². The molecule has 20 heavy (non-hydrogen) atoms. The molecular weight excluding hydrogens is 256 g/mol. The van der Waals surface area contributed by atoms with Crippen molar-refractivity contribution in [3.8, 4) is 11.5 Å². The first-order valence-electron chi connectivity index (χ1n) is 7.14. The van der Waals surface area contributed by atoms with E-state index in [-0.39, 0.29) is 23.0 Å². The highest BCUT2D eigenvalue weighted by atomic mass is 16.3. The number of aromatic hydroxyl groups is 2. The molecule has 5 nitrogen and oxygen atoms in total. The molecule has 1 amide bonds. The topological polar surface area (TPSA) is 72.8 Å². The van der Waals surface area contributed by atoms with Gasteiger partial charge in [0.2, 0.25) is 0 Å². The number of rotatable bonds is 4. The highest BCUT2D eigenvalue weighted by molar-refractivity contribution is 5.99. The summed E-state index contributed by atoms with van der Waals surface area (Å²) in [6, 6.07) is 4.36. The average Bonchev–Trinajstić information content (AvgIpc) is 2.45. The lowest BCUT2D eigenvalue weighted by Gasteiger charge is -2.29. The van der Waals surface area contributed by atoms with Crippen LogP contribution in [0, 0.1) is 5.92 Å². The molecule has 1 aromatic rings. The molecule has 0 atom stereocenters. The van der Waals surface area contributed by atoms with Crippen LogP contribution in [-0.4, -0.2) is 47.2 Å². The van der Waals surface area contributed by atoms with Crippen molar-refractivity contribution in [1.82, 2.24) is 10.2 Å². The molecule has 3 N–H and O–H groups in total. The summed E-state index contributed by atoms with van der Waals surface area (Å²) in [5.41, 5.74) is 0.00304. The van der Waals surface area contributed by atoms with Crippen LogP contribution in [0.25, 0.3) is 0 Å². The Morgan fingerprint density at radius 3 is 2.45 bits per heavy atom. The molecule has 0 bridgehead atoms. The first-order chi connectivity index (χ1) is 9.63. The Labute approximate surface area is 119 Å². The smallest absolute Gasteiger partial charge is 0.261 e. The number of nitrogens with one attached hydrogen (secondary N) is 1. The monoisotopic (exact) mass is 278 g/mol. The Morgan fingerprint density at radius 2 is 1.90 bits per heavy atom. The standard InChI is InChI=1S/C15H22N2O3/c1-2-17(10-11-6-8-16-9-7-11)15(20)14-12(18)4-3-5-13(14)19/h3-5,11,16,18-19H,2,6-10H2,1H3. The third-order valence-corrected chi connectivity index (χ3v) is 3.84. The number of phenolic OH excluding ortho intramolecular Hbond substituents is 2. The minimum absolute atomic E-state index is 0.00304. The van der Waals surface area contributed by atoms with E-state index in [2.05, 4.69) is 5.32 Å². The highest BCUT2D eigenvalue weighted by Crippen LogP contribution is 2.28. The molecule has 2 rings (SSSR count). The van der Waals surface area contributed by atoms with Gasteiger partial charge in [0.25, 0.3) is 5.91 Å². The number of benzene rings is 1. The van der Waals surface area contributed by atoms with Crippen LogP contribution in [0.5, 0.6) is 11.5 Å². The largest absolute Gasteiger partial charge is 0.507 e. The fraction of sp³-hybridized carbons (Fsp3) is 0.533. The van der Waals surface area contributed by atoms with Crippen LogP contribution in [0.15, 0.2) is 18.2 Å². The lowest BCUT2D eigenvalue weighted by molar-refractivity contribution is 0.0720. The molecule has 1 aromatic carbocycles. The number of nitrogens with zero attached hydrogens (tertiary/aromatic N) is 1. The molecule has 5 heteroatoms. The molecule has 1 fully saturated rings. The van der Waals surface area contributed by atoms with Gasteiger partial charge in [-0.3, -0.25) is 4.79 Å². The third kappa shape index (κ3) is 3.22. The van der Waals surface area contributed by atoms with Crippen molar-refractivity contribution in [2.24, 2.45) is 5.92 Å². The van der Waals surface area contributed by atoms with Crippen molar-refractivity contribution in [3.05, 3.63) is 23.8 Å². The summed E-state index contributed by atoms with van der Waals surface area (Å²) in [6.45, 7) is 5.12. The predicted molar refractivity (Wildman–Crippen MR) is 76.9 cm³/mol. The van der Waals surface area contributed by atoms with Gasteiger partial charge in [-0.05, 0) is 50.9 Å². The summed E-state index contributed by atoms with van der Waals surface area (Å²) >= 11 is 0. The first-order valence-corrected chi connectivity index (χ1v) is 7.14. The Balaban J connectivity index is 2.12. The molecule has 0 aromatic heterocycles. The number of carbonyl (C=O) groups excluding carboxylic acids is 1. The molecule has 1 saturated heterocycles. The van der Waals surface area contributed by atoms with E-state index >= 15 is 0 Å². The van der Waals surface area contributed by atoms with Gasteiger partial charge < -0.3 is 20.4 Å². The summed E-state index contributed by atoms with van der Waals surface area (Å²) in [5.74, 6) is -0.160. The van der Waals surface area contributed by atoms with E-state index in [9.17, 15) is 15.0 Å². The number of amides is 1. The van der Waals surface area contributed by atoms with Gasteiger partial charge in [0.15, 0.2) is 0 Å². The molecule has 110 valence electrons. The summed E-state index contributed by atoms with van der Waals surface area (Å²) in [4.78, 5) is 14.2. The normalized spacial score (nSPS) is 16.1. The highest BCUT2D eigenvalue weighted by Gasteiger charge is 2.24. The first kappa shape index (κ1) is 14.7. The molecule has 1 aliphatic heterocycles. The summed E-state index contributed by atoms with van der Waals surface area (Å²) in [5, 5.41) is 22.9. The second-order valence-corrected chi connectivity index (χ2v) is 5.21. The second-order valence-electron chi connectivity index (χ2n) is 5.21. The van der Waals surface area contributed by atoms with Crippen LogP contribution in [-0.2, 0) is 0 Å². The van der Waals surface area contributed by atoms with Crippen LogP contribution < -0.4 is 5.32 Å². The van der Waals surface area contributed by atoms with Crippen molar-refractivity contribution < 1.29 is 15.0 Å². The van der Waals surface area contributed by atoms with Crippen molar-refractivity contribution >= 4 is 5.91 Å². The van der Waals surface area contributed by atoms with E-state index in [1.165, 1.54) is 18.2 Å². The van der Waals surface area contributed by atoms with E-state index in [4.69, 9.17) is 0 Å². The van der Waals surface area contributed by atoms with Crippen LogP contribution >= 0.6 is 0 Å². The Hall–Kier alpha value is -1.75. The van der Waals surface area contributed by atoms with E-state index in [0.717, 1.165) is 25.9 Å². The Morgan fingerprint density at radius 1 is 1.30 bits per heavy atom. The molecule has 0 radical (unpaired) electrons. The van der Waals surface area contributed by atoms with E-state index in [1.54, 1.807) is 4.90 Å². The maximum atomic E-state index is 12.5. The van der Waals surface area contributed by atoms with Crippen LogP contribution in [0.3, 0.4) is 0 Å². The van der Waals surface area contributed by atoms with E-state index < -0.39 is 0 Å². The molecular formula is C15H22N2O3. The molecule has 0 saturated carbocycles. The minimum Gasteiger partial charge on any atom is -0.507 e. The van der Waals surface area contributed by atoms with E-state index in [0.29, 0.717) is 19.0 Å². The zero-order valence-corrected chi connectivity index (χ0v) is 11.8. The molecule has 0 spiro atoms. The lowest BCUT2D eigenvalue weighted by atomic mass is 9.97. The van der Waals surface area contributed by atoms with Crippen molar-refractivity contribution in [2.45, 2.75) is 19.8 Å². The van der Waals surface area contributed by atoms with Gasteiger partial charge in [-0.2, -0.15) is 0 Å². The Kier molecular flexibility index (Phi) is 4.84. The average molecular weight is 278 g/mol. The minimum atomic E-state index is -0.304. The molecule has 0 unspecified atom stereocenters. The second kappa shape index (κ2) is 6.61. The van der Waals surface area contributed by atoms with Gasteiger partial charge in [-0.1, -0.05) is 6.07 Å². The zero-order chi connectivity index (χ0) is 14.5. The zero-order valence-electron chi connectivity index (χ0n) is 11.8. The third-order valence-electron chi connectivity index (χ3n) is 3.84. The van der Waals surface area contributed by atoms with Gasteiger partial charge >= 0.3 is 0 Å². The van der Waals surface area contributed by atoms with E-state index in [1.807, 2.05) is 6.92 Å².